The molecular weight excluding hydrogens is 435 g/mol. The van der Waals surface area contributed by atoms with Crippen molar-refractivity contribution in [3.63, 3.8) is 0 Å². The maximum atomic E-state index is 12.9. The molecule has 162 valence electrons. The Bertz CT molecular complexity index is 1300. The number of nitrogens with one attached hydrogen (secondary N) is 1. The summed E-state index contributed by atoms with van der Waals surface area (Å²) in [6, 6.07) is 3.51. The van der Waals surface area contributed by atoms with Gasteiger partial charge in [0.1, 0.15) is 5.65 Å². The fourth-order valence-electron chi connectivity index (χ4n) is 3.31. The van der Waals surface area contributed by atoms with Gasteiger partial charge in [-0.25, -0.2) is 14.5 Å². The van der Waals surface area contributed by atoms with Crippen molar-refractivity contribution in [2.75, 3.05) is 0 Å². The van der Waals surface area contributed by atoms with Crippen molar-refractivity contribution in [2.24, 2.45) is 0 Å². The Kier molecular flexibility index (Phi) is 5.29. The molecule has 4 rings (SSSR count). The summed E-state index contributed by atoms with van der Waals surface area (Å²) in [4.78, 5) is 24.3. The lowest BCUT2D eigenvalue weighted by atomic mass is 10.1. The Labute approximate surface area is 179 Å². The van der Waals surface area contributed by atoms with Gasteiger partial charge in [-0.15, -0.1) is 5.10 Å². The van der Waals surface area contributed by atoms with Crippen LogP contribution < -0.4 is 5.32 Å². The number of alkyl halides is 3. The van der Waals surface area contributed by atoms with Gasteiger partial charge in [-0.1, -0.05) is 11.6 Å². The van der Waals surface area contributed by atoms with E-state index < -0.39 is 12.0 Å². The first kappa shape index (κ1) is 21.0. The molecular formula is C19H17ClF3N7O. The van der Waals surface area contributed by atoms with E-state index in [1.807, 2.05) is 0 Å². The van der Waals surface area contributed by atoms with Crippen molar-refractivity contribution in [1.82, 2.24) is 34.3 Å². The van der Waals surface area contributed by atoms with Crippen LogP contribution in [0.1, 0.15) is 34.9 Å². The molecule has 0 saturated heterocycles. The van der Waals surface area contributed by atoms with Gasteiger partial charge in [-0.05, 0) is 38.0 Å². The number of carbonyl (C=O) groups excluding carboxylic acids is 1. The monoisotopic (exact) mass is 451 g/mol. The van der Waals surface area contributed by atoms with Gasteiger partial charge in [0.05, 0.1) is 17.3 Å². The second kappa shape index (κ2) is 7.80. The number of rotatable bonds is 5. The van der Waals surface area contributed by atoms with Crippen LogP contribution in [0.25, 0.3) is 11.4 Å². The van der Waals surface area contributed by atoms with Gasteiger partial charge in [0.15, 0.2) is 0 Å². The lowest BCUT2D eigenvalue weighted by Gasteiger charge is -2.10. The normalized spacial score (nSPS) is 12.1. The zero-order valence-electron chi connectivity index (χ0n) is 16.5. The molecule has 0 radical (unpaired) electrons. The predicted octanol–water partition coefficient (Wildman–Crippen LogP) is 3.31. The number of amides is 1. The molecule has 0 spiro atoms. The topological polar surface area (TPSA) is 89.5 Å². The first-order valence-electron chi connectivity index (χ1n) is 9.31. The summed E-state index contributed by atoms with van der Waals surface area (Å²) in [5.41, 5.74) is 3.02. The Balaban J connectivity index is 1.43. The lowest BCUT2D eigenvalue weighted by molar-refractivity contribution is -0.144. The van der Waals surface area contributed by atoms with Crippen molar-refractivity contribution in [3.8, 4) is 0 Å². The molecule has 0 aliphatic rings. The summed E-state index contributed by atoms with van der Waals surface area (Å²) in [5.74, 6) is -1.59. The van der Waals surface area contributed by atoms with Crippen LogP contribution in [0.15, 0.2) is 24.5 Å². The largest absolute Gasteiger partial charge is 0.453 e. The molecule has 4 heterocycles. The highest BCUT2D eigenvalue weighted by Crippen LogP contribution is 2.27. The molecule has 0 aliphatic heterocycles. The average Bonchev–Trinajstić information content (AvgIpc) is 3.29. The van der Waals surface area contributed by atoms with Crippen LogP contribution in [0.4, 0.5) is 13.2 Å². The first-order chi connectivity index (χ1) is 14.6. The molecule has 4 aromatic rings. The average molecular weight is 452 g/mol. The zero-order chi connectivity index (χ0) is 22.3. The Morgan fingerprint density at radius 3 is 2.68 bits per heavy atom. The molecule has 0 atom stereocenters. The van der Waals surface area contributed by atoms with Gasteiger partial charge < -0.3 is 9.72 Å². The van der Waals surface area contributed by atoms with E-state index in [0.717, 1.165) is 4.52 Å². The van der Waals surface area contributed by atoms with E-state index in [9.17, 15) is 18.0 Å². The Morgan fingerprint density at radius 1 is 1.16 bits per heavy atom. The van der Waals surface area contributed by atoms with E-state index in [0.29, 0.717) is 39.7 Å². The smallest absolute Gasteiger partial charge is 0.350 e. The van der Waals surface area contributed by atoms with E-state index in [4.69, 9.17) is 11.6 Å². The minimum Gasteiger partial charge on any atom is -0.350 e. The molecule has 12 heteroatoms. The van der Waals surface area contributed by atoms with Crippen molar-refractivity contribution >= 4 is 28.9 Å². The zero-order valence-corrected chi connectivity index (χ0v) is 17.3. The summed E-state index contributed by atoms with van der Waals surface area (Å²) in [6.45, 7) is 3.54. The third kappa shape index (κ3) is 4.31. The number of imidazole rings is 1. The van der Waals surface area contributed by atoms with E-state index in [1.54, 1.807) is 42.8 Å². The van der Waals surface area contributed by atoms with Crippen LogP contribution in [0.5, 0.6) is 0 Å². The second-order valence-corrected chi connectivity index (χ2v) is 7.46. The molecule has 0 aromatic carbocycles. The number of hydrogen-bond donors (Lipinski definition) is 1. The third-order valence-corrected chi connectivity index (χ3v) is 5.06. The van der Waals surface area contributed by atoms with Crippen LogP contribution >= 0.6 is 11.6 Å². The van der Waals surface area contributed by atoms with Crippen LogP contribution in [-0.4, -0.2) is 34.9 Å². The summed E-state index contributed by atoms with van der Waals surface area (Å²) < 4.78 is 41.5. The molecule has 8 nitrogen and oxygen atoms in total. The number of hydrogen-bond acceptors (Lipinski definition) is 5. The maximum absolute atomic E-state index is 12.9. The van der Waals surface area contributed by atoms with E-state index in [1.165, 1.54) is 0 Å². The van der Waals surface area contributed by atoms with Crippen LogP contribution in [0, 0.1) is 13.8 Å². The second-order valence-electron chi connectivity index (χ2n) is 7.03. The number of halogens is 4. The van der Waals surface area contributed by atoms with Crippen molar-refractivity contribution in [3.05, 3.63) is 58.0 Å². The molecule has 1 N–H and O–H groups in total. The van der Waals surface area contributed by atoms with Crippen molar-refractivity contribution in [1.29, 1.82) is 0 Å². The highest BCUT2D eigenvalue weighted by molar-refractivity contribution is 6.30. The van der Waals surface area contributed by atoms with Gasteiger partial charge in [-0.2, -0.15) is 18.2 Å². The quantitative estimate of drug-likeness (QED) is 0.503. The standard InChI is InChI=1S/C19H17ClF3N7O/c1-10-14(11(2)30-18(25-10)27-17(28-30)19(21,22)23)4-6-16(31)24-7-13-9-29-8-12(20)3-5-15(29)26-13/h3,5,8-9H,4,6-7H2,1-2H3,(H,24,31). The number of fused-ring (bicyclic) bond motifs is 2. The fourth-order valence-corrected chi connectivity index (χ4v) is 3.48. The van der Waals surface area contributed by atoms with Crippen molar-refractivity contribution < 1.29 is 18.0 Å². The van der Waals surface area contributed by atoms with Crippen LogP contribution in [0.2, 0.25) is 5.02 Å². The molecule has 0 unspecified atom stereocenters. The van der Waals surface area contributed by atoms with Gasteiger partial charge >= 0.3 is 6.18 Å². The number of nitrogens with zero attached hydrogens (tertiary/aromatic N) is 6. The Hall–Kier alpha value is -3.21. The van der Waals surface area contributed by atoms with Crippen LogP contribution in [-0.2, 0) is 23.9 Å². The van der Waals surface area contributed by atoms with E-state index in [-0.39, 0.29) is 24.7 Å². The number of aryl methyl sites for hydroxylation is 2. The van der Waals surface area contributed by atoms with Crippen LogP contribution in [0.3, 0.4) is 0 Å². The van der Waals surface area contributed by atoms with E-state index >= 15 is 0 Å². The maximum Gasteiger partial charge on any atom is 0.453 e. The lowest BCUT2D eigenvalue weighted by Crippen LogP contribution is -2.23. The molecule has 0 aliphatic carbocycles. The fraction of sp³-hybridized carbons (Fsp3) is 0.316. The molecule has 0 bridgehead atoms. The summed E-state index contributed by atoms with van der Waals surface area (Å²) in [7, 11) is 0. The van der Waals surface area contributed by atoms with Gasteiger partial charge in [-0.3, -0.25) is 4.79 Å². The van der Waals surface area contributed by atoms with Gasteiger partial charge in [0.2, 0.25) is 5.91 Å². The minimum absolute atomic E-state index is 0.123. The summed E-state index contributed by atoms with van der Waals surface area (Å²) >= 11 is 5.95. The third-order valence-electron chi connectivity index (χ3n) is 4.84. The first-order valence-corrected chi connectivity index (χ1v) is 9.69. The van der Waals surface area contributed by atoms with Crippen molar-refractivity contribution in [2.45, 2.75) is 39.4 Å². The number of carbonyl (C=O) groups is 1. The molecule has 0 fully saturated rings. The molecule has 31 heavy (non-hydrogen) atoms. The molecule has 1 amide bonds. The molecule has 0 saturated carbocycles. The predicted molar refractivity (Wildman–Crippen MR) is 106 cm³/mol. The highest BCUT2D eigenvalue weighted by Gasteiger charge is 2.36. The van der Waals surface area contributed by atoms with E-state index in [2.05, 4.69) is 25.4 Å². The number of aromatic nitrogens is 6. The van der Waals surface area contributed by atoms with Gasteiger partial charge in [0.25, 0.3) is 11.6 Å². The highest BCUT2D eigenvalue weighted by atomic mass is 35.5. The summed E-state index contributed by atoms with van der Waals surface area (Å²) in [5, 5.41) is 6.88. The summed E-state index contributed by atoms with van der Waals surface area (Å²) in [6.07, 6.45) is -0.727. The Morgan fingerprint density at radius 2 is 1.94 bits per heavy atom. The molecule has 4 aromatic heterocycles. The number of pyridine rings is 1. The SMILES string of the molecule is Cc1nc2nc(C(F)(F)F)nn2c(C)c1CCC(=O)NCc1cn2cc(Cl)ccc2n1. The van der Waals surface area contributed by atoms with Gasteiger partial charge in [0, 0.05) is 30.2 Å². The minimum atomic E-state index is -4.66.